The number of hydrogen-bond acceptors (Lipinski definition) is 7. The molecule has 0 aliphatic carbocycles. The third-order valence-corrected chi connectivity index (χ3v) is 5.04. The third kappa shape index (κ3) is 3.46. The van der Waals surface area contributed by atoms with Gasteiger partial charge in [0, 0.05) is 19.2 Å². The van der Waals surface area contributed by atoms with E-state index in [2.05, 4.69) is 9.97 Å². The second kappa shape index (κ2) is 7.12. The minimum Gasteiger partial charge on any atom is -0.447 e. The molecule has 2 aromatic heterocycles. The Kier molecular flexibility index (Phi) is 4.77. The molecule has 2 atom stereocenters. The fourth-order valence-corrected chi connectivity index (χ4v) is 3.66. The smallest absolute Gasteiger partial charge is 0.409 e. The summed E-state index contributed by atoms with van der Waals surface area (Å²) in [5, 5.41) is 0. The molecule has 0 spiro atoms. The van der Waals surface area contributed by atoms with Crippen molar-refractivity contribution < 1.29 is 22.3 Å². The van der Waals surface area contributed by atoms with Crippen LogP contribution in [0.15, 0.2) is 27.7 Å². The predicted molar refractivity (Wildman–Crippen MR) is 93.4 cm³/mol. The summed E-state index contributed by atoms with van der Waals surface area (Å²) in [5.41, 5.74) is -0.724. The SMILES string of the molecule is C[C@@H]1COCCN1c1cc(=O)n2c(n1)N(Cc1ncco1)CCC2C(F)(F)F. The molecule has 4 rings (SSSR count). The number of rotatable bonds is 3. The minimum absolute atomic E-state index is 0.0204. The summed E-state index contributed by atoms with van der Waals surface area (Å²) >= 11 is 0. The van der Waals surface area contributed by atoms with Crippen molar-refractivity contribution in [2.45, 2.75) is 38.1 Å². The van der Waals surface area contributed by atoms with E-state index in [0.29, 0.717) is 31.5 Å². The van der Waals surface area contributed by atoms with Gasteiger partial charge in [0.15, 0.2) is 0 Å². The Labute approximate surface area is 158 Å². The molecule has 0 saturated carbocycles. The first-order chi connectivity index (χ1) is 13.3. The topological polar surface area (TPSA) is 76.6 Å². The lowest BCUT2D eigenvalue weighted by molar-refractivity contribution is -0.171. The molecule has 0 bridgehead atoms. The Hall–Kier alpha value is -2.56. The number of anilines is 2. The van der Waals surface area contributed by atoms with E-state index in [4.69, 9.17) is 9.15 Å². The Morgan fingerprint density at radius 3 is 2.82 bits per heavy atom. The van der Waals surface area contributed by atoms with Crippen molar-refractivity contribution in [3.8, 4) is 0 Å². The van der Waals surface area contributed by atoms with E-state index in [1.54, 1.807) is 4.90 Å². The molecule has 0 aromatic carbocycles. The maximum atomic E-state index is 13.6. The summed E-state index contributed by atoms with van der Waals surface area (Å²) in [6.45, 7) is 3.58. The predicted octanol–water partition coefficient (Wildman–Crippen LogP) is 1.97. The van der Waals surface area contributed by atoms with E-state index in [9.17, 15) is 18.0 Å². The molecule has 8 nitrogen and oxygen atoms in total. The van der Waals surface area contributed by atoms with Gasteiger partial charge in [-0.05, 0) is 13.3 Å². The van der Waals surface area contributed by atoms with Crippen molar-refractivity contribution in [2.75, 3.05) is 36.1 Å². The van der Waals surface area contributed by atoms with Gasteiger partial charge in [0.05, 0.1) is 32.0 Å². The molecule has 1 fully saturated rings. The van der Waals surface area contributed by atoms with Crippen LogP contribution in [0.3, 0.4) is 0 Å². The van der Waals surface area contributed by atoms with Crippen LogP contribution in [-0.4, -0.2) is 53.1 Å². The molecule has 152 valence electrons. The number of fused-ring (bicyclic) bond motifs is 1. The summed E-state index contributed by atoms with van der Waals surface area (Å²) in [4.78, 5) is 24.7. The van der Waals surface area contributed by atoms with Gasteiger partial charge in [-0.2, -0.15) is 18.2 Å². The highest BCUT2D eigenvalue weighted by molar-refractivity contribution is 5.47. The number of oxazole rings is 1. The summed E-state index contributed by atoms with van der Waals surface area (Å²) in [7, 11) is 0. The van der Waals surface area contributed by atoms with Crippen molar-refractivity contribution >= 4 is 11.8 Å². The molecule has 1 saturated heterocycles. The van der Waals surface area contributed by atoms with Gasteiger partial charge in [-0.15, -0.1) is 0 Å². The average Bonchev–Trinajstić information content (AvgIpc) is 3.14. The van der Waals surface area contributed by atoms with E-state index in [0.717, 1.165) is 4.57 Å². The van der Waals surface area contributed by atoms with Crippen molar-refractivity contribution in [3.05, 3.63) is 34.8 Å². The van der Waals surface area contributed by atoms with Crippen LogP contribution >= 0.6 is 0 Å². The van der Waals surface area contributed by atoms with Gasteiger partial charge in [-0.1, -0.05) is 0 Å². The molecule has 0 N–H and O–H groups in total. The number of halogens is 3. The standard InChI is InChI=1S/C17H20F3N5O3/c1-11-10-27-7-5-24(11)13-8-15(26)25-12(17(18,19)20)2-4-23(16(25)22-13)9-14-21-3-6-28-14/h3,6,8,11-12H,2,4-5,7,9-10H2,1H3/t11-,12?/m1/s1. The Bertz CT molecular complexity index is 883. The molecule has 4 heterocycles. The van der Waals surface area contributed by atoms with Crippen LogP contribution in [0.2, 0.25) is 0 Å². The molecule has 2 aliphatic heterocycles. The summed E-state index contributed by atoms with van der Waals surface area (Å²) in [6.07, 6.45) is -1.93. The van der Waals surface area contributed by atoms with Crippen LogP contribution in [0.25, 0.3) is 0 Å². The average molecular weight is 399 g/mol. The Morgan fingerprint density at radius 1 is 1.32 bits per heavy atom. The van der Waals surface area contributed by atoms with Crippen LogP contribution in [0.1, 0.15) is 25.3 Å². The largest absolute Gasteiger partial charge is 0.447 e. The van der Waals surface area contributed by atoms with Crippen LogP contribution < -0.4 is 15.4 Å². The number of hydrogen-bond donors (Lipinski definition) is 0. The molecule has 2 aromatic rings. The minimum atomic E-state index is -4.54. The Morgan fingerprint density at radius 2 is 2.14 bits per heavy atom. The summed E-state index contributed by atoms with van der Waals surface area (Å²) < 4.78 is 52.0. The molecule has 11 heteroatoms. The van der Waals surface area contributed by atoms with Gasteiger partial charge in [0.2, 0.25) is 11.8 Å². The van der Waals surface area contributed by atoms with Crippen molar-refractivity contribution in [1.82, 2.24) is 14.5 Å². The summed E-state index contributed by atoms with van der Waals surface area (Å²) in [6, 6.07) is -0.760. The number of aromatic nitrogens is 3. The first kappa shape index (κ1) is 18.8. The highest BCUT2D eigenvalue weighted by Gasteiger charge is 2.45. The van der Waals surface area contributed by atoms with Crippen LogP contribution in [0.4, 0.5) is 24.9 Å². The molecule has 0 radical (unpaired) electrons. The lowest BCUT2D eigenvalue weighted by atomic mass is 10.1. The second-order valence-electron chi connectivity index (χ2n) is 6.93. The third-order valence-electron chi connectivity index (χ3n) is 5.04. The maximum Gasteiger partial charge on any atom is 0.409 e. The van der Waals surface area contributed by atoms with Crippen molar-refractivity contribution in [3.63, 3.8) is 0 Å². The van der Waals surface area contributed by atoms with Gasteiger partial charge in [-0.3, -0.25) is 9.36 Å². The van der Waals surface area contributed by atoms with E-state index >= 15 is 0 Å². The molecule has 2 aliphatic rings. The highest BCUT2D eigenvalue weighted by Crippen LogP contribution is 2.38. The highest BCUT2D eigenvalue weighted by atomic mass is 19.4. The lowest BCUT2D eigenvalue weighted by Crippen LogP contribution is -2.48. The maximum absolute atomic E-state index is 13.6. The number of alkyl halides is 3. The van der Waals surface area contributed by atoms with E-state index in [-0.39, 0.29) is 31.5 Å². The zero-order valence-electron chi connectivity index (χ0n) is 15.2. The molecule has 28 heavy (non-hydrogen) atoms. The monoisotopic (exact) mass is 399 g/mol. The van der Waals surface area contributed by atoms with Gasteiger partial charge in [0.1, 0.15) is 18.1 Å². The quantitative estimate of drug-likeness (QED) is 0.781. The lowest BCUT2D eigenvalue weighted by Gasteiger charge is -2.38. The zero-order valence-corrected chi connectivity index (χ0v) is 15.2. The molecular formula is C17H20F3N5O3. The van der Waals surface area contributed by atoms with Crippen molar-refractivity contribution in [2.24, 2.45) is 0 Å². The van der Waals surface area contributed by atoms with E-state index in [1.807, 2.05) is 11.8 Å². The fraction of sp³-hybridized carbons (Fsp3) is 0.588. The van der Waals surface area contributed by atoms with Crippen LogP contribution in [0, 0.1) is 0 Å². The van der Waals surface area contributed by atoms with Gasteiger partial charge in [0.25, 0.3) is 5.56 Å². The molecular weight excluding hydrogens is 379 g/mol. The van der Waals surface area contributed by atoms with E-state index < -0.39 is 17.8 Å². The normalized spacial score (nSPS) is 23.0. The van der Waals surface area contributed by atoms with Crippen molar-refractivity contribution in [1.29, 1.82) is 0 Å². The first-order valence-electron chi connectivity index (χ1n) is 9.02. The fourth-order valence-electron chi connectivity index (χ4n) is 3.66. The zero-order chi connectivity index (χ0) is 19.9. The van der Waals surface area contributed by atoms with E-state index in [1.165, 1.54) is 18.5 Å². The van der Waals surface area contributed by atoms with Crippen LogP contribution in [0.5, 0.6) is 0 Å². The Balaban J connectivity index is 1.78. The first-order valence-corrected chi connectivity index (χ1v) is 9.02. The number of nitrogens with zero attached hydrogens (tertiary/aromatic N) is 5. The summed E-state index contributed by atoms with van der Waals surface area (Å²) in [5.74, 6) is 0.677. The van der Waals surface area contributed by atoms with Gasteiger partial charge >= 0.3 is 6.18 Å². The second-order valence-corrected chi connectivity index (χ2v) is 6.93. The number of morpholine rings is 1. The van der Waals surface area contributed by atoms with Gasteiger partial charge < -0.3 is 19.0 Å². The molecule has 0 amide bonds. The van der Waals surface area contributed by atoms with Crippen LogP contribution in [-0.2, 0) is 11.3 Å². The number of ether oxygens (including phenoxy) is 1. The molecule has 1 unspecified atom stereocenters. The van der Waals surface area contributed by atoms with Gasteiger partial charge in [-0.25, -0.2) is 4.98 Å².